The van der Waals surface area contributed by atoms with Crippen molar-refractivity contribution in [2.24, 2.45) is 5.92 Å². The second-order valence-corrected chi connectivity index (χ2v) is 9.03. The molecule has 1 aromatic heterocycles. The van der Waals surface area contributed by atoms with Crippen LogP contribution in [0.4, 0.5) is 18.9 Å². The van der Waals surface area contributed by atoms with Gasteiger partial charge in [0.1, 0.15) is 16.5 Å². The fourth-order valence-electron chi connectivity index (χ4n) is 4.37. The van der Waals surface area contributed by atoms with Crippen molar-refractivity contribution in [3.8, 4) is 11.5 Å². The van der Waals surface area contributed by atoms with E-state index in [4.69, 9.17) is 21.1 Å². The smallest absolute Gasteiger partial charge is 0.490 e. The number of halogens is 4. The Balaban J connectivity index is 1.29. The quantitative estimate of drug-likeness (QED) is 0.562. The van der Waals surface area contributed by atoms with Crippen molar-refractivity contribution in [3.63, 3.8) is 0 Å². The summed E-state index contributed by atoms with van der Waals surface area (Å²) in [6.45, 7) is 2.17. The Bertz CT molecular complexity index is 1000. The summed E-state index contributed by atoms with van der Waals surface area (Å²) >= 11 is 6.35. The molecule has 4 rings (SSSR count). The number of ether oxygens (including phenoxy) is 3. The Morgan fingerprint density at radius 3 is 2.47 bits per heavy atom. The molecule has 1 aliphatic carbocycles. The standard InChI is InChI=1S/C23H27ClF3N3O4/c24-21-20(28-12-15-2-1-11-32-14-15)13-29-30(22(21)31)16-3-5-17(6-4-16)33-18-7-9-19(10-8-18)34-23(25,26)27/h7-10,13,15-17,28H,1-6,11-12,14H2/t15-,16-,17-/m1/s1. The normalized spacial score (nSPS) is 23.4. The van der Waals surface area contributed by atoms with Gasteiger partial charge in [0.2, 0.25) is 0 Å². The lowest BCUT2D eigenvalue weighted by Gasteiger charge is -2.29. The lowest BCUT2D eigenvalue weighted by atomic mass is 9.93. The highest BCUT2D eigenvalue weighted by atomic mass is 35.5. The van der Waals surface area contributed by atoms with Gasteiger partial charge in [0.15, 0.2) is 0 Å². The van der Waals surface area contributed by atoms with E-state index in [2.05, 4.69) is 15.2 Å². The first kappa shape index (κ1) is 24.7. The summed E-state index contributed by atoms with van der Waals surface area (Å²) in [6, 6.07) is 5.25. The molecule has 1 aromatic carbocycles. The monoisotopic (exact) mass is 501 g/mol. The average molecular weight is 502 g/mol. The molecule has 34 heavy (non-hydrogen) atoms. The minimum absolute atomic E-state index is 0.0896. The highest BCUT2D eigenvalue weighted by molar-refractivity contribution is 6.32. The SMILES string of the molecule is O=c1c(Cl)c(NC[C@H]2CCCOC2)cnn1[C@H]1CC[C@H](Oc2ccc(OC(F)(F)F)cc2)CC1. The van der Waals surface area contributed by atoms with Crippen LogP contribution in [0.2, 0.25) is 5.02 Å². The molecular weight excluding hydrogens is 475 g/mol. The van der Waals surface area contributed by atoms with Gasteiger partial charge >= 0.3 is 6.36 Å². The predicted octanol–water partition coefficient (Wildman–Crippen LogP) is 5.20. The number of alkyl halides is 3. The molecule has 0 spiro atoms. The molecule has 0 amide bonds. The maximum Gasteiger partial charge on any atom is 0.573 e. The molecule has 186 valence electrons. The molecule has 2 fully saturated rings. The lowest BCUT2D eigenvalue weighted by Crippen LogP contribution is -2.33. The highest BCUT2D eigenvalue weighted by Gasteiger charge is 2.31. The van der Waals surface area contributed by atoms with Crippen molar-refractivity contribution in [2.45, 2.75) is 57.0 Å². The van der Waals surface area contributed by atoms with Gasteiger partial charge in [-0.05, 0) is 68.7 Å². The van der Waals surface area contributed by atoms with Gasteiger partial charge in [-0.2, -0.15) is 5.10 Å². The van der Waals surface area contributed by atoms with Gasteiger partial charge in [-0.15, -0.1) is 13.2 Å². The Labute approximate surface area is 200 Å². The maximum atomic E-state index is 12.8. The van der Waals surface area contributed by atoms with E-state index in [1.807, 2.05) is 0 Å². The van der Waals surface area contributed by atoms with E-state index in [-0.39, 0.29) is 28.5 Å². The van der Waals surface area contributed by atoms with E-state index >= 15 is 0 Å². The Hall–Kier alpha value is -2.46. The van der Waals surface area contributed by atoms with E-state index in [0.29, 0.717) is 56.2 Å². The van der Waals surface area contributed by atoms with Crippen LogP contribution < -0.4 is 20.3 Å². The number of hydrogen-bond acceptors (Lipinski definition) is 6. The number of nitrogens with zero attached hydrogens (tertiary/aromatic N) is 2. The number of rotatable bonds is 7. The Morgan fingerprint density at radius 2 is 1.82 bits per heavy atom. The van der Waals surface area contributed by atoms with Crippen molar-refractivity contribution >= 4 is 17.3 Å². The molecule has 0 radical (unpaired) electrons. The second kappa shape index (κ2) is 10.9. The molecule has 1 N–H and O–H groups in total. The van der Waals surface area contributed by atoms with E-state index in [0.717, 1.165) is 19.4 Å². The number of nitrogens with one attached hydrogen (secondary N) is 1. The first-order valence-electron chi connectivity index (χ1n) is 11.4. The van der Waals surface area contributed by atoms with E-state index in [1.165, 1.54) is 28.9 Å². The Morgan fingerprint density at radius 1 is 1.12 bits per heavy atom. The fourth-order valence-corrected chi connectivity index (χ4v) is 4.57. The Kier molecular flexibility index (Phi) is 7.88. The molecule has 1 atom stereocenters. The van der Waals surface area contributed by atoms with Crippen molar-refractivity contribution in [3.05, 3.63) is 45.8 Å². The molecule has 1 saturated heterocycles. The minimum atomic E-state index is -4.73. The molecule has 2 aromatic rings. The zero-order valence-electron chi connectivity index (χ0n) is 18.5. The molecule has 1 aliphatic heterocycles. The van der Waals surface area contributed by atoms with Gasteiger partial charge in [0.05, 0.1) is 30.6 Å². The maximum absolute atomic E-state index is 12.8. The van der Waals surface area contributed by atoms with Gasteiger partial charge < -0.3 is 19.5 Å². The largest absolute Gasteiger partial charge is 0.573 e. The zero-order valence-corrected chi connectivity index (χ0v) is 19.3. The summed E-state index contributed by atoms with van der Waals surface area (Å²) in [5, 5.41) is 7.71. The lowest BCUT2D eigenvalue weighted by molar-refractivity contribution is -0.274. The van der Waals surface area contributed by atoms with Gasteiger partial charge in [0, 0.05) is 13.2 Å². The summed E-state index contributed by atoms with van der Waals surface area (Å²) in [6.07, 6.45) is 1.59. The van der Waals surface area contributed by atoms with Crippen LogP contribution in [0.5, 0.6) is 11.5 Å². The van der Waals surface area contributed by atoms with Crippen LogP contribution in [0.15, 0.2) is 35.3 Å². The molecule has 0 unspecified atom stereocenters. The van der Waals surface area contributed by atoms with E-state index in [9.17, 15) is 18.0 Å². The number of anilines is 1. The number of hydrogen-bond donors (Lipinski definition) is 1. The zero-order chi connectivity index (χ0) is 24.1. The minimum Gasteiger partial charge on any atom is -0.490 e. The first-order valence-corrected chi connectivity index (χ1v) is 11.8. The van der Waals surface area contributed by atoms with Gasteiger partial charge in [-0.1, -0.05) is 11.6 Å². The van der Waals surface area contributed by atoms with Crippen molar-refractivity contribution < 1.29 is 27.4 Å². The fraction of sp³-hybridized carbons (Fsp3) is 0.565. The molecule has 2 heterocycles. The van der Waals surface area contributed by atoms with Crippen LogP contribution in [0.1, 0.15) is 44.6 Å². The summed E-state index contributed by atoms with van der Waals surface area (Å²) in [5.74, 6) is 0.557. The van der Waals surface area contributed by atoms with Crippen molar-refractivity contribution in [1.82, 2.24) is 9.78 Å². The number of aromatic nitrogens is 2. The third-order valence-corrected chi connectivity index (χ3v) is 6.49. The molecule has 2 aliphatic rings. The van der Waals surface area contributed by atoms with Crippen LogP contribution in [0, 0.1) is 5.92 Å². The molecule has 11 heteroatoms. The summed E-state index contributed by atoms with van der Waals surface area (Å²) < 4.78 is 53.5. The summed E-state index contributed by atoms with van der Waals surface area (Å²) in [7, 11) is 0. The van der Waals surface area contributed by atoms with Crippen molar-refractivity contribution in [2.75, 3.05) is 25.1 Å². The topological polar surface area (TPSA) is 74.6 Å². The summed E-state index contributed by atoms with van der Waals surface area (Å²) in [4.78, 5) is 12.8. The highest BCUT2D eigenvalue weighted by Crippen LogP contribution is 2.32. The van der Waals surface area contributed by atoms with Gasteiger partial charge in [-0.3, -0.25) is 4.79 Å². The predicted molar refractivity (Wildman–Crippen MR) is 121 cm³/mol. The molecule has 0 bridgehead atoms. The molecule has 1 saturated carbocycles. The second-order valence-electron chi connectivity index (χ2n) is 8.65. The first-order chi connectivity index (χ1) is 16.3. The molecule has 7 nitrogen and oxygen atoms in total. The van der Waals surface area contributed by atoms with Crippen molar-refractivity contribution in [1.29, 1.82) is 0 Å². The van der Waals surface area contributed by atoms with E-state index in [1.54, 1.807) is 6.20 Å². The van der Waals surface area contributed by atoms with Gasteiger partial charge in [-0.25, -0.2) is 4.68 Å². The van der Waals surface area contributed by atoms with Gasteiger partial charge in [0.25, 0.3) is 5.56 Å². The van der Waals surface area contributed by atoms with Crippen LogP contribution >= 0.6 is 11.6 Å². The van der Waals surface area contributed by atoms with Crippen LogP contribution in [-0.4, -0.2) is 42.0 Å². The average Bonchev–Trinajstić information content (AvgIpc) is 2.82. The third kappa shape index (κ3) is 6.56. The van der Waals surface area contributed by atoms with Crippen LogP contribution in [0.3, 0.4) is 0 Å². The third-order valence-electron chi connectivity index (χ3n) is 6.13. The number of benzene rings is 1. The van der Waals surface area contributed by atoms with Crippen LogP contribution in [0.25, 0.3) is 0 Å². The summed E-state index contributed by atoms with van der Waals surface area (Å²) in [5.41, 5.74) is 0.208. The van der Waals surface area contributed by atoms with E-state index < -0.39 is 6.36 Å². The molecular formula is C23H27ClF3N3O4. The van der Waals surface area contributed by atoms with Crippen LogP contribution in [-0.2, 0) is 4.74 Å².